The predicted molar refractivity (Wildman–Crippen MR) is 75.7 cm³/mol. The molecule has 1 N–H and O–H groups in total. The van der Waals surface area contributed by atoms with E-state index < -0.39 is 11.4 Å². The van der Waals surface area contributed by atoms with Crippen molar-refractivity contribution in [3.05, 3.63) is 11.7 Å². The van der Waals surface area contributed by atoms with Crippen LogP contribution in [0.3, 0.4) is 0 Å². The van der Waals surface area contributed by atoms with E-state index in [0.717, 1.165) is 12.8 Å². The normalized spacial score (nSPS) is 19.0. The molecule has 1 aliphatic carbocycles. The van der Waals surface area contributed by atoms with Crippen molar-refractivity contribution in [2.24, 2.45) is 11.3 Å². The second-order valence-electron chi connectivity index (χ2n) is 6.14. The third-order valence-electron chi connectivity index (χ3n) is 4.19. The summed E-state index contributed by atoms with van der Waals surface area (Å²) in [6, 6.07) is 0. The second-order valence-corrected chi connectivity index (χ2v) is 6.14. The molecule has 1 atom stereocenters. The average Bonchev–Trinajstić information content (AvgIpc) is 3.06. The van der Waals surface area contributed by atoms with E-state index in [9.17, 15) is 9.90 Å². The Bertz CT molecular complexity index is 478. The largest absolute Gasteiger partial charge is 0.481 e. The SMILES string of the molecule is CCOC(c1noc(CC2(C(=O)O)CCCC2)n1)C(C)C. The first kappa shape index (κ1) is 15.9. The monoisotopic (exact) mass is 296 g/mol. The van der Waals surface area contributed by atoms with E-state index in [2.05, 4.69) is 10.1 Å². The number of carboxylic acids is 1. The van der Waals surface area contributed by atoms with Crippen LogP contribution in [-0.4, -0.2) is 27.8 Å². The van der Waals surface area contributed by atoms with Crippen LogP contribution in [0, 0.1) is 11.3 Å². The molecule has 0 spiro atoms. The highest BCUT2D eigenvalue weighted by molar-refractivity contribution is 5.75. The molecule has 6 heteroatoms. The van der Waals surface area contributed by atoms with Gasteiger partial charge in [0.05, 0.1) is 5.41 Å². The number of carboxylic acid groups (broad SMARTS) is 1. The van der Waals surface area contributed by atoms with Crippen LogP contribution < -0.4 is 0 Å². The van der Waals surface area contributed by atoms with E-state index >= 15 is 0 Å². The molecule has 0 bridgehead atoms. The summed E-state index contributed by atoms with van der Waals surface area (Å²) in [5, 5.41) is 13.5. The third kappa shape index (κ3) is 3.43. The van der Waals surface area contributed by atoms with Gasteiger partial charge in [-0.1, -0.05) is 31.8 Å². The summed E-state index contributed by atoms with van der Waals surface area (Å²) < 4.78 is 10.9. The number of aromatic nitrogens is 2. The molecule has 6 nitrogen and oxygen atoms in total. The van der Waals surface area contributed by atoms with Gasteiger partial charge in [0.25, 0.3) is 0 Å². The molecule has 1 aromatic heterocycles. The van der Waals surface area contributed by atoms with E-state index in [4.69, 9.17) is 9.26 Å². The quantitative estimate of drug-likeness (QED) is 0.832. The fraction of sp³-hybridized carbons (Fsp3) is 0.800. The van der Waals surface area contributed by atoms with Crippen LogP contribution in [0.2, 0.25) is 0 Å². The number of aliphatic carboxylic acids is 1. The first-order valence-corrected chi connectivity index (χ1v) is 7.66. The Kier molecular flexibility index (Phi) is 4.98. The molecule has 1 aliphatic rings. The standard InChI is InChI=1S/C15H24N2O4/c1-4-20-12(10(2)3)13-16-11(21-17-13)9-15(14(18)19)7-5-6-8-15/h10,12H,4-9H2,1-3H3,(H,18,19). The lowest BCUT2D eigenvalue weighted by molar-refractivity contribution is -0.148. The minimum absolute atomic E-state index is 0.211. The predicted octanol–water partition coefficient (Wildman–Crippen LogP) is 2.99. The Hall–Kier alpha value is -1.43. The van der Waals surface area contributed by atoms with Crippen LogP contribution in [0.5, 0.6) is 0 Å². The van der Waals surface area contributed by atoms with Crippen LogP contribution in [0.1, 0.15) is 64.3 Å². The molecule has 1 aromatic rings. The summed E-state index contributed by atoms with van der Waals surface area (Å²) >= 11 is 0. The molecule has 0 radical (unpaired) electrons. The number of carbonyl (C=O) groups is 1. The fourth-order valence-corrected chi connectivity index (χ4v) is 3.01. The van der Waals surface area contributed by atoms with E-state index in [-0.39, 0.29) is 12.0 Å². The molecular formula is C15H24N2O4. The molecule has 0 aromatic carbocycles. The zero-order valence-electron chi connectivity index (χ0n) is 13.0. The van der Waals surface area contributed by atoms with Crippen molar-refractivity contribution in [2.45, 2.75) is 59.0 Å². The summed E-state index contributed by atoms with van der Waals surface area (Å²) in [4.78, 5) is 15.9. The molecule has 1 unspecified atom stereocenters. The molecule has 21 heavy (non-hydrogen) atoms. The minimum atomic E-state index is -0.759. The van der Waals surface area contributed by atoms with Gasteiger partial charge in [0, 0.05) is 13.0 Å². The highest BCUT2D eigenvalue weighted by atomic mass is 16.5. The van der Waals surface area contributed by atoms with Crippen LogP contribution in [0.15, 0.2) is 4.52 Å². The number of nitrogens with zero attached hydrogens (tertiary/aromatic N) is 2. The van der Waals surface area contributed by atoms with Crippen molar-refractivity contribution in [2.75, 3.05) is 6.61 Å². The molecule has 1 fully saturated rings. The molecule has 0 amide bonds. The highest BCUT2D eigenvalue weighted by Crippen LogP contribution is 2.41. The Morgan fingerprint density at radius 2 is 2.10 bits per heavy atom. The van der Waals surface area contributed by atoms with Gasteiger partial charge in [-0.2, -0.15) is 4.98 Å². The molecule has 1 heterocycles. The van der Waals surface area contributed by atoms with E-state index in [1.807, 2.05) is 20.8 Å². The first-order valence-electron chi connectivity index (χ1n) is 7.66. The van der Waals surface area contributed by atoms with E-state index in [1.54, 1.807) is 0 Å². The smallest absolute Gasteiger partial charge is 0.310 e. The van der Waals surface area contributed by atoms with Gasteiger partial charge in [-0.15, -0.1) is 0 Å². The van der Waals surface area contributed by atoms with Crippen LogP contribution >= 0.6 is 0 Å². The summed E-state index contributed by atoms with van der Waals surface area (Å²) in [6.45, 7) is 6.57. The van der Waals surface area contributed by atoms with Gasteiger partial charge in [0.15, 0.2) is 0 Å². The molecule has 0 saturated heterocycles. The molecule has 118 valence electrons. The van der Waals surface area contributed by atoms with Gasteiger partial charge in [-0.05, 0) is 25.7 Å². The number of ether oxygens (including phenoxy) is 1. The molecule has 0 aliphatic heterocycles. The van der Waals surface area contributed by atoms with Crippen molar-refractivity contribution in [3.63, 3.8) is 0 Å². The molecular weight excluding hydrogens is 272 g/mol. The van der Waals surface area contributed by atoms with Crippen molar-refractivity contribution in [1.82, 2.24) is 10.1 Å². The molecule has 2 rings (SSSR count). The van der Waals surface area contributed by atoms with Crippen molar-refractivity contribution in [1.29, 1.82) is 0 Å². The fourth-order valence-electron chi connectivity index (χ4n) is 3.01. The summed E-state index contributed by atoms with van der Waals surface area (Å²) in [7, 11) is 0. The Morgan fingerprint density at radius 1 is 1.43 bits per heavy atom. The lowest BCUT2D eigenvalue weighted by atomic mass is 9.83. The first-order chi connectivity index (χ1) is 9.98. The van der Waals surface area contributed by atoms with Crippen LogP contribution in [0.25, 0.3) is 0 Å². The van der Waals surface area contributed by atoms with Gasteiger partial charge in [0.1, 0.15) is 6.10 Å². The number of hydrogen-bond donors (Lipinski definition) is 1. The van der Waals surface area contributed by atoms with Gasteiger partial charge < -0.3 is 14.4 Å². The maximum atomic E-state index is 11.6. The third-order valence-corrected chi connectivity index (χ3v) is 4.19. The number of rotatable bonds is 7. The van der Waals surface area contributed by atoms with Crippen LogP contribution in [-0.2, 0) is 16.0 Å². The van der Waals surface area contributed by atoms with Crippen LogP contribution in [0.4, 0.5) is 0 Å². The van der Waals surface area contributed by atoms with Gasteiger partial charge in [0.2, 0.25) is 11.7 Å². The van der Waals surface area contributed by atoms with Gasteiger partial charge in [-0.3, -0.25) is 4.79 Å². The Balaban J connectivity index is 2.14. The minimum Gasteiger partial charge on any atom is -0.481 e. The average molecular weight is 296 g/mol. The Morgan fingerprint density at radius 3 is 2.62 bits per heavy atom. The lowest BCUT2D eigenvalue weighted by Gasteiger charge is -2.21. The maximum absolute atomic E-state index is 11.6. The summed E-state index contributed by atoms with van der Waals surface area (Å²) in [5.74, 6) is 0.389. The van der Waals surface area contributed by atoms with Crippen molar-refractivity contribution in [3.8, 4) is 0 Å². The van der Waals surface area contributed by atoms with Gasteiger partial charge in [-0.25, -0.2) is 0 Å². The van der Waals surface area contributed by atoms with E-state index in [1.165, 1.54) is 0 Å². The second kappa shape index (κ2) is 6.56. The zero-order valence-corrected chi connectivity index (χ0v) is 13.0. The number of hydrogen-bond acceptors (Lipinski definition) is 5. The van der Waals surface area contributed by atoms with E-state index in [0.29, 0.717) is 37.6 Å². The van der Waals surface area contributed by atoms with Crippen molar-refractivity contribution >= 4 is 5.97 Å². The van der Waals surface area contributed by atoms with Crippen molar-refractivity contribution < 1.29 is 19.2 Å². The summed E-state index contributed by atoms with van der Waals surface area (Å²) in [6.07, 6.45) is 3.35. The lowest BCUT2D eigenvalue weighted by Crippen LogP contribution is -2.30. The topological polar surface area (TPSA) is 85.5 Å². The Labute approximate surface area is 124 Å². The zero-order chi connectivity index (χ0) is 15.5. The maximum Gasteiger partial charge on any atom is 0.310 e. The summed E-state index contributed by atoms with van der Waals surface area (Å²) in [5.41, 5.74) is -0.733. The van der Waals surface area contributed by atoms with Gasteiger partial charge >= 0.3 is 5.97 Å². The molecule has 1 saturated carbocycles. The highest BCUT2D eigenvalue weighted by Gasteiger charge is 2.43.